The minimum Gasteiger partial charge on any atom is -0.0654 e. The predicted octanol–water partition coefficient (Wildman–Crippen LogP) is 6.52. The largest absolute Gasteiger partial charge is 0.0654 e. The highest BCUT2D eigenvalue weighted by atomic mass is 14.2. The van der Waals surface area contributed by atoms with Crippen LogP contribution in [0.15, 0.2) is 18.2 Å². The van der Waals surface area contributed by atoms with Gasteiger partial charge in [0.15, 0.2) is 0 Å². The van der Waals surface area contributed by atoms with Gasteiger partial charge in [-0.3, -0.25) is 0 Å². The van der Waals surface area contributed by atoms with Crippen molar-refractivity contribution in [3.8, 4) is 0 Å². The lowest BCUT2D eigenvalue weighted by Crippen LogP contribution is -2.07. The second-order valence-electron chi connectivity index (χ2n) is 6.51. The van der Waals surface area contributed by atoms with Crippen LogP contribution >= 0.6 is 0 Å². The first-order chi connectivity index (χ1) is 9.63. The average Bonchev–Trinajstić information content (AvgIpc) is 2.45. The van der Waals surface area contributed by atoms with Gasteiger partial charge in [0.25, 0.3) is 0 Å². The van der Waals surface area contributed by atoms with Crippen molar-refractivity contribution in [3.05, 3.63) is 34.9 Å². The van der Waals surface area contributed by atoms with Gasteiger partial charge >= 0.3 is 0 Å². The van der Waals surface area contributed by atoms with Gasteiger partial charge in [-0.1, -0.05) is 72.1 Å². The van der Waals surface area contributed by atoms with E-state index in [1.54, 1.807) is 16.7 Å². The molecular formula is C20H34. The Morgan fingerprint density at radius 1 is 0.850 bits per heavy atom. The van der Waals surface area contributed by atoms with E-state index in [1.807, 2.05) is 0 Å². The summed E-state index contributed by atoms with van der Waals surface area (Å²) in [5.74, 6) is 1.62. The monoisotopic (exact) mass is 274 g/mol. The van der Waals surface area contributed by atoms with Crippen LogP contribution in [0.3, 0.4) is 0 Å². The second kappa shape index (κ2) is 9.21. The van der Waals surface area contributed by atoms with Gasteiger partial charge in [-0.05, 0) is 54.2 Å². The summed E-state index contributed by atoms with van der Waals surface area (Å²) >= 11 is 0. The topological polar surface area (TPSA) is 0 Å². The molecule has 0 saturated heterocycles. The standard InChI is InChI=1S/C20H34/c1-6-11-19(15-9-12-16(4)5)20-17(7-2)13-10-14-18(20)8-3/h10,13-14,16,19H,6-9,11-12,15H2,1-5H3/t19-/m1/s1. The molecule has 20 heavy (non-hydrogen) atoms. The third-order valence-corrected chi connectivity index (χ3v) is 4.43. The lowest BCUT2D eigenvalue weighted by molar-refractivity contribution is 0.479. The smallest absolute Gasteiger partial charge is 0.0157 e. The molecule has 0 unspecified atom stereocenters. The third kappa shape index (κ3) is 4.96. The van der Waals surface area contributed by atoms with Gasteiger partial charge in [-0.15, -0.1) is 0 Å². The third-order valence-electron chi connectivity index (χ3n) is 4.43. The van der Waals surface area contributed by atoms with Gasteiger partial charge in [-0.2, -0.15) is 0 Å². The Bertz CT molecular complexity index is 353. The summed E-state index contributed by atoms with van der Waals surface area (Å²) in [6, 6.07) is 6.94. The lowest BCUT2D eigenvalue weighted by Gasteiger charge is -2.23. The Labute approximate surface area is 127 Å². The van der Waals surface area contributed by atoms with Crippen LogP contribution in [0.5, 0.6) is 0 Å². The van der Waals surface area contributed by atoms with Crippen LogP contribution in [-0.4, -0.2) is 0 Å². The first-order valence-electron chi connectivity index (χ1n) is 8.74. The Hall–Kier alpha value is -0.780. The highest BCUT2D eigenvalue weighted by molar-refractivity contribution is 5.38. The molecule has 1 atom stereocenters. The Morgan fingerprint density at radius 2 is 1.45 bits per heavy atom. The van der Waals surface area contributed by atoms with Crippen molar-refractivity contribution in [2.75, 3.05) is 0 Å². The molecule has 0 fully saturated rings. The zero-order chi connectivity index (χ0) is 15.0. The van der Waals surface area contributed by atoms with E-state index >= 15 is 0 Å². The molecule has 0 aromatic heterocycles. The molecule has 0 spiro atoms. The Balaban J connectivity index is 2.94. The van der Waals surface area contributed by atoms with Crippen LogP contribution < -0.4 is 0 Å². The molecule has 1 aromatic rings. The van der Waals surface area contributed by atoms with Crippen molar-refractivity contribution in [1.29, 1.82) is 0 Å². The number of hydrogen-bond donors (Lipinski definition) is 0. The van der Waals surface area contributed by atoms with Gasteiger partial charge < -0.3 is 0 Å². The second-order valence-corrected chi connectivity index (χ2v) is 6.51. The van der Waals surface area contributed by atoms with Crippen molar-refractivity contribution >= 4 is 0 Å². The van der Waals surface area contributed by atoms with Gasteiger partial charge in [0.05, 0.1) is 0 Å². The maximum atomic E-state index is 2.35. The molecule has 0 nitrogen and oxygen atoms in total. The van der Waals surface area contributed by atoms with Gasteiger partial charge in [-0.25, -0.2) is 0 Å². The van der Waals surface area contributed by atoms with Crippen LogP contribution in [0.25, 0.3) is 0 Å². The molecule has 0 aliphatic rings. The molecule has 0 amide bonds. The van der Waals surface area contributed by atoms with Crippen molar-refractivity contribution in [2.24, 2.45) is 5.92 Å². The minimum absolute atomic E-state index is 0.782. The Kier molecular flexibility index (Phi) is 7.95. The van der Waals surface area contributed by atoms with Crippen LogP contribution in [0, 0.1) is 5.92 Å². The first-order valence-corrected chi connectivity index (χ1v) is 8.74. The molecule has 1 rings (SSSR count). The van der Waals surface area contributed by atoms with Crippen LogP contribution in [-0.2, 0) is 12.8 Å². The molecule has 114 valence electrons. The minimum atomic E-state index is 0.782. The van der Waals surface area contributed by atoms with Crippen molar-refractivity contribution < 1.29 is 0 Å². The molecule has 0 aliphatic carbocycles. The van der Waals surface area contributed by atoms with E-state index in [4.69, 9.17) is 0 Å². The van der Waals surface area contributed by atoms with E-state index in [9.17, 15) is 0 Å². The fraction of sp³-hybridized carbons (Fsp3) is 0.700. The van der Waals surface area contributed by atoms with Gasteiger partial charge in [0, 0.05) is 0 Å². The maximum Gasteiger partial charge on any atom is -0.0157 e. The van der Waals surface area contributed by atoms with E-state index in [1.165, 1.54) is 44.9 Å². The van der Waals surface area contributed by atoms with E-state index in [-0.39, 0.29) is 0 Å². The molecule has 0 radical (unpaired) electrons. The number of hydrogen-bond acceptors (Lipinski definition) is 0. The summed E-state index contributed by atoms with van der Waals surface area (Å²) in [6.45, 7) is 11.6. The van der Waals surface area contributed by atoms with Crippen molar-refractivity contribution in [3.63, 3.8) is 0 Å². The molecular weight excluding hydrogens is 240 g/mol. The lowest BCUT2D eigenvalue weighted by atomic mass is 9.82. The summed E-state index contributed by atoms with van der Waals surface area (Å²) in [7, 11) is 0. The fourth-order valence-electron chi connectivity index (χ4n) is 3.36. The van der Waals surface area contributed by atoms with Crippen molar-refractivity contribution in [1.82, 2.24) is 0 Å². The van der Waals surface area contributed by atoms with Gasteiger partial charge in [0.1, 0.15) is 0 Å². The van der Waals surface area contributed by atoms with Crippen LogP contribution in [0.1, 0.15) is 89.3 Å². The average molecular weight is 274 g/mol. The molecule has 0 saturated carbocycles. The van der Waals surface area contributed by atoms with Gasteiger partial charge in [0.2, 0.25) is 0 Å². The molecule has 0 heteroatoms. The number of aryl methyl sites for hydroxylation is 2. The maximum absolute atomic E-state index is 2.35. The summed E-state index contributed by atoms with van der Waals surface area (Å²) in [5.41, 5.74) is 4.88. The normalized spacial score (nSPS) is 12.9. The number of benzene rings is 1. The molecule has 0 bridgehead atoms. The van der Waals surface area contributed by atoms with E-state index in [0.29, 0.717) is 0 Å². The Morgan fingerprint density at radius 3 is 1.90 bits per heavy atom. The summed E-state index contributed by atoms with van der Waals surface area (Å²) in [5, 5.41) is 0. The molecule has 0 N–H and O–H groups in total. The predicted molar refractivity (Wildman–Crippen MR) is 91.5 cm³/mol. The zero-order valence-electron chi connectivity index (χ0n) is 14.3. The highest BCUT2D eigenvalue weighted by Crippen LogP contribution is 2.33. The highest BCUT2D eigenvalue weighted by Gasteiger charge is 2.17. The zero-order valence-corrected chi connectivity index (χ0v) is 14.3. The molecule has 1 aromatic carbocycles. The van der Waals surface area contributed by atoms with Crippen molar-refractivity contribution in [2.45, 2.75) is 85.5 Å². The van der Waals surface area contributed by atoms with Crippen LogP contribution in [0.2, 0.25) is 0 Å². The first kappa shape index (κ1) is 17.3. The summed E-state index contributed by atoms with van der Waals surface area (Å²) < 4.78 is 0. The molecule has 0 aliphatic heterocycles. The SMILES string of the molecule is CCC[C@H](CCCC(C)C)c1c(CC)cccc1CC. The number of rotatable bonds is 9. The fourth-order valence-corrected chi connectivity index (χ4v) is 3.36. The van der Waals surface area contributed by atoms with Crippen LogP contribution in [0.4, 0.5) is 0 Å². The van der Waals surface area contributed by atoms with E-state index in [2.05, 4.69) is 52.8 Å². The van der Waals surface area contributed by atoms with E-state index in [0.717, 1.165) is 11.8 Å². The molecule has 0 heterocycles. The summed E-state index contributed by atoms with van der Waals surface area (Å²) in [4.78, 5) is 0. The quantitative estimate of drug-likeness (QED) is 0.481. The summed E-state index contributed by atoms with van der Waals surface area (Å²) in [6.07, 6.45) is 9.12. The van der Waals surface area contributed by atoms with E-state index < -0.39 is 0 Å².